The molecule has 6 nitrogen and oxygen atoms in total. The molecule has 0 aliphatic rings. The Balaban J connectivity index is 1.74. The maximum Gasteiger partial charge on any atom is 0.387 e. The molecule has 1 N–H and O–H groups in total. The minimum absolute atomic E-state index is 0.0350. The van der Waals surface area contributed by atoms with E-state index in [0.29, 0.717) is 5.75 Å². The lowest BCUT2D eigenvalue weighted by Gasteiger charge is -2.12. The third-order valence-electron chi connectivity index (χ3n) is 3.40. The first-order chi connectivity index (χ1) is 13.0. The molecule has 2 aromatic rings. The Hall–Kier alpha value is -3.16. The van der Waals surface area contributed by atoms with E-state index >= 15 is 0 Å². The molecular weight excluding hydrogens is 360 g/mol. The lowest BCUT2D eigenvalue weighted by molar-refractivity contribution is -0.147. The number of hydrogen-bond donors (Lipinski definition) is 1. The number of esters is 1. The Labute approximate surface area is 155 Å². The number of benzene rings is 2. The summed E-state index contributed by atoms with van der Waals surface area (Å²) in [6, 6.07) is 13.1. The largest absolute Gasteiger partial charge is 0.493 e. The van der Waals surface area contributed by atoms with E-state index < -0.39 is 25.1 Å². The number of nitrogens with one attached hydrogen (secondary N) is 1. The number of anilines is 1. The number of carbonyl (C=O) groups is 2. The minimum atomic E-state index is -3.02. The number of hydrogen-bond acceptors (Lipinski definition) is 5. The number of aryl methyl sites for hydroxylation is 1. The molecule has 0 saturated heterocycles. The topological polar surface area (TPSA) is 73.9 Å². The molecule has 27 heavy (non-hydrogen) atoms. The van der Waals surface area contributed by atoms with Crippen LogP contribution in [0.4, 0.5) is 14.5 Å². The number of amides is 1. The Morgan fingerprint density at radius 1 is 1.04 bits per heavy atom. The van der Waals surface area contributed by atoms with Gasteiger partial charge in [-0.15, -0.1) is 0 Å². The summed E-state index contributed by atoms with van der Waals surface area (Å²) in [5, 5.41) is 2.35. The van der Waals surface area contributed by atoms with Gasteiger partial charge in [-0.2, -0.15) is 8.78 Å². The van der Waals surface area contributed by atoms with Gasteiger partial charge in [0.25, 0.3) is 5.91 Å². The molecule has 0 radical (unpaired) electrons. The lowest BCUT2D eigenvalue weighted by atomic mass is 10.2. The van der Waals surface area contributed by atoms with Crippen molar-refractivity contribution in [3.63, 3.8) is 0 Å². The van der Waals surface area contributed by atoms with E-state index in [2.05, 4.69) is 10.1 Å². The monoisotopic (exact) mass is 379 g/mol. The van der Waals surface area contributed by atoms with Gasteiger partial charge in [0.05, 0.1) is 18.7 Å². The average Bonchev–Trinajstić information content (AvgIpc) is 2.63. The van der Waals surface area contributed by atoms with Crippen LogP contribution in [0, 0.1) is 6.92 Å². The van der Waals surface area contributed by atoms with E-state index in [1.54, 1.807) is 12.1 Å². The highest BCUT2D eigenvalue weighted by Crippen LogP contribution is 2.25. The van der Waals surface area contributed by atoms with Gasteiger partial charge in [0.1, 0.15) is 11.5 Å². The first kappa shape index (κ1) is 20.2. The van der Waals surface area contributed by atoms with Gasteiger partial charge < -0.3 is 19.5 Å². The van der Waals surface area contributed by atoms with Crippen LogP contribution in [0.5, 0.6) is 11.5 Å². The molecule has 0 spiro atoms. The maximum absolute atomic E-state index is 12.3. The second kappa shape index (κ2) is 10.1. The number of halogens is 2. The molecule has 0 bridgehead atoms. The molecular formula is C19H19F2NO5. The predicted octanol–water partition coefficient (Wildman–Crippen LogP) is 3.55. The number of alkyl halides is 2. The van der Waals surface area contributed by atoms with E-state index in [0.717, 1.165) is 5.56 Å². The fourth-order valence-corrected chi connectivity index (χ4v) is 2.14. The van der Waals surface area contributed by atoms with Gasteiger partial charge >= 0.3 is 12.6 Å². The molecule has 2 rings (SSSR count). The van der Waals surface area contributed by atoms with E-state index in [1.165, 1.54) is 18.2 Å². The molecule has 0 atom stereocenters. The highest BCUT2D eigenvalue weighted by atomic mass is 19.3. The SMILES string of the molecule is Cc1ccccc1OCCC(=O)OCC(=O)Nc1ccccc1OC(F)F. The van der Waals surface area contributed by atoms with Crippen molar-refractivity contribution in [1.29, 1.82) is 0 Å². The molecule has 144 valence electrons. The van der Waals surface area contributed by atoms with Crippen LogP contribution in [0.15, 0.2) is 48.5 Å². The van der Waals surface area contributed by atoms with Gasteiger partial charge in [-0.05, 0) is 30.7 Å². The van der Waals surface area contributed by atoms with Crippen molar-refractivity contribution in [3.05, 3.63) is 54.1 Å². The van der Waals surface area contributed by atoms with Crippen LogP contribution < -0.4 is 14.8 Å². The summed E-state index contributed by atoms with van der Waals surface area (Å²) in [5.74, 6) is -0.804. The quantitative estimate of drug-likeness (QED) is 0.675. The van der Waals surface area contributed by atoms with Crippen molar-refractivity contribution in [1.82, 2.24) is 0 Å². The van der Waals surface area contributed by atoms with Crippen molar-refractivity contribution in [3.8, 4) is 11.5 Å². The minimum Gasteiger partial charge on any atom is -0.493 e. The van der Waals surface area contributed by atoms with Crippen molar-refractivity contribution < 1.29 is 32.6 Å². The molecule has 0 heterocycles. The van der Waals surface area contributed by atoms with Crippen molar-refractivity contribution in [2.75, 3.05) is 18.5 Å². The second-order valence-electron chi connectivity index (χ2n) is 5.45. The standard InChI is InChI=1S/C19H19F2NO5/c1-13-6-2-4-8-15(13)25-11-10-18(24)26-12-17(23)22-14-7-3-5-9-16(14)27-19(20)21/h2-9,19H,10-12H2,1H3,(H,22,23). The molecule has 0 aliphatic heterocycles. The van der Waals surface area contributed by atoms with E-state index in [9.17, 15) is 18.4 Å². The van der Waals surface area contributed by atoms with Gasteiger partial charge in [0, 0.05) is 0 Å². The zero-order valence-corrected chi connectivity index (χ0v) is 14.6. The number of rotatable bonds is 9. The summed E-state index contributed by atoms with van der Waals surface area (Å²) in [4.78, 5) is 23.5. The van der Waals surface area contributed by atoms with Crippen LogP contribution in [-0.4, -0.2) is 31.7 Å². The summed E-state index contributed by atoms with van der Waals surface area (Å²) in [6.07, 6.45) is -0.0350. The highest BCUT2D eigenvalue weighted by Gasteiger charge is 2.13. The molecule has 8 heteroatoms. The molecule has 0 aromatic heterocycles. The molecule has 0 aliphatic carbocycles. The smallest absolute Gasteiger partial charge is 0.387 e. The first-order valence-electron chi connectivity index (χ1n) is 8.13. The van der Waals surface area contributed by atoms with Gasteiger partial charge in [0.15, 0.2) is 6.61 Å². The number of ether oxygens (including phenoxy) is 3. The average molecular weight is 379 g/mol. The fourth-order valence-electron chi connectivity index (χ4n) is 2.14. The van der Waals surface area contributed by atoms with Crippen molar-refractivity contribution in [2.45, 2.75) is 20.0 Å². The summed E-state index contributed by atoms with van der Waals surface area (Å²) in [5.41, 5.74) is 0.997. The maximum atomic E-state index is 12.3. The van der Waals surface area contributed by atoms with E-state index in [-0.39, 0.29) is 24.5 Å². The Morgan fingerprint density at radius 3 is 2.41 bits per heavy atom. The summed E-state index contributed by atoms with van der Waals surface area (Å²) >= 11 is 0. The highest BCUT2D eigenvalue weighted by molar-refractivity contribution is 5.94. The van der Waals surface area contributed by atoms with Crippen LogP contribution in [0.2, 0.25) is 0 Å². The molecule has 2 aromatic carbocycles. The van der Waals surface area contributed by atoms with Crippen LogP contribution in [0.3, 0.4) is 0 Å². The predicted molar refractivity (Wildman–Crippen MR) is 94.0 cm³/mol. The Kier molecular flexibility index (Phi) is 7.54. The Bertz CT molecular complexity index is 782. The van der Waals surface area contributed by atoms with Crippen molar-refractivity contribution >= 4 is 17.6 Å². The third-order valence-corrected chi connectivity index (χ3v) is 3.40. The second-order valence-corrected chi connectivity index (χ2v) is 5.45. The van der Waals surface area contributed by atoms with Crippen LogP contribution in [-0.2, 0) is 14.3 Å². The van der Waals surface area contributed by atoms with Crippen LogP contribution in [0.25, 0.3) is 0 Å². The molecule has 1 amide bonds. The van der Waals surface area contributed by atoms with E-state index in [1.807, 2.05) is 25.1 Å². The van der Waals surface area contributed by atoms with Crippen LogP contribution >= 0.6 is 0 Å². The van der Waals surface area contributed by atoms with Crippen LogP contribution in [0.1, 0.15) is 12.0 Å². The summed E-state index contributed by atoms with van der Waals surface area (Å²) < 4.78 is 39.3. The van der Waals surface area contributed by atoms with Crippen molar-refractivity contribution in [2.24, 2.45) is 0 Å². The normalized spacial score (nSPS) is 10.4. The third kappa shape index (κ3) is 6.93. The van der Waals surface area contributed by atoms with Gasteiger partial charge in [0.2, 0.25) is 0 Å². The Morgan fingerprint density at radius 2 is 1.70 bits per heavy atom. The van der Waals surface area contributed by atoms with Gasteiger partial charge in [-0.3, -0.25) is 9.59 Å². The lowest BCUT2D eigenvalue weighted by Crippen LogP contribution is -2.22. The molecule has 0 fully saturated rings. The van der Waals surface area contributed by atoms with Gasteiger partial charge in [-0.25, -0.2) is 0 Å². The summed E-state index contributed by atoms with van der Waals surface area (Å²) in [6.45, 7) is -1.58. The van der Waals surface area contributed by atoms with Gasteiger partial charge in [-0.1, -0.05) is 30.3 Å². The number of para-hydroxylation sites is 3. The first-order valence-corrected chi connectivity index (χ1v) is 8.13. The zero-order chi connectivity index (χ0) is 19.6. The fraction of sp³-hybridized carbons (Fsp3) is 0.263. The number of carbonyl (C=O) groups excluding carboxylic acids is 2. The van der Waals surface area contributed by atoms with E-state index in [4.69, 9.17) is 9.47 Å². The molecule has 0 saturated carbocycles. The summed E-state index contributed by atoms with van der Waals surface area (Å²) in [7, 11) is 0. The molecule has 0 unspecified atom stereocenters. The zero-order valence-electron chi connectivity index (χ0n) is 14.6.